The zero-order valence-corrected chi connectivity index (χ0v) is 17.5. The van der Waals surface area contributed by atoms with E-state index in [0.29, 0.717) is 29.7 Å². The van der Waals surface area contributed by atoms with Crippen molar-refractivity contribution in [2.45, 2.75) is 6.54 Å². The van der Waals surface area contributed by atoms with Crippen LogP contribution in [0.2, 0.25) is 0 Å². The van der Waals surface area contributed by atoms with Gasteiger partial charge in [0.25, 0.3) is 5.89 Å². The van der Waals surface area contributed by atoms with Crippen molar-refractivity contribution in [3.05, 3.63) is 66.4 Å². The molecule has 0 aliphatic heterocycles. The highest BCUT2D eigenvalue weighted by Gasteiger charge is 2.15. The molecule has 0 fully saturated rings. The summed E-state index contributed by atoms with van der Waals surface area (Å²) in [4.78, 5) is 4.45. The summed E-state index contributed by atoms with van der Waals surface area (Å²) in [5, 5.41) is 11.7. The standard InChI is InChI=1S/C23H22N4O4/c1-28-17-8-6-15(7-9-17)22-26-27-23(31-22)19-5-4-12-24-21(19)25-14-16-13-18(29-2)10-11-20(16)30-3/h4-13H,14H2,1-3H3,(H,24,25). The summed E-state index contributed by atoms with van der Waals surface area (Å²) in [6.07, 6.45) is 1.70. The van der Waals surface area contributed by atoms with Crippen LogP contribution in [-0.2, 0) is 6.54 Å². The fourth-order valence-corrected chi connectivity index (χ4v) is 3.10. The fraction of sp³-hybridized carbons (Fsp3) is 0.174. The highest BCUT2D eigenvalue weighted by Crippen LogP contribution is 2.30. The number of ether oxygens (including phenoxy) is 3. The number of anilines is 1. The summed E-state index contributed by atoms with van der Waals surface area (Å²) in [6, 6.07) is 16.8. The van der Waals surface area contributed by atoms with Crippen LogP contribution in [0.1, 0.15) is 5.56 Å². The number of nitrogens with zero attached hydrogens (tertiary/aromatic N) is 3. The van der Waals surface area contributed by atoms with Gasteiger partial charge in [0.05, 0.1) is 26.9 Å². The number of methoxy groups -OCH3 is 3. The molecule has 0 saturated heterocycles. The van der Waals surface area contributed by atoms with Crippen LogP contribution in [0.25, 0.3) is 22.9 Å². The van der Waals surface area contributed by atoms with E-state index < -0.39 is 0 Å². The quantitative estimate of drug-likeness (QED) is 0.449. The first-order chi connectivity index (χ1) is 15.2. The van der Waals surface area contributed by atoms with Crippen molar-refractivity contribution in [1.82, 2.24) is 15.2 Å². The van der Waals surface area contributed by atoms with E-state index in [4.69, 9.17) is 18.6 Å². The van der Waals surface area contributed by atoms with Crippen LogP contribution < -0.4 is 19.5 Å². The zero-order chi connectivity index (χ0) is 21.6. The van der Waals surface area contributed by atoms with Crippen LogP contribution in [0, 0.1) is 0 Å². The normalized spacial score (nSPS) is 10.5. The number of pyridine rings is 1. The topological polar surface area (TPSA) is 91.5 Å². The molecule has 8 nitrogen and oxygen atoms in total. The van der Waals surface area contributed by atoms with E-state index in [0.717, 1.165) is 28.4 Å². The second-order valence-corrected chi connectivity index (χ2v) is 6.57. The van der Waals surface area contributed by atoms with Gasteiger partial charge in [-0.2, -0.15) is 0 Å². The average Bonchev–Trinajstić information content (AvgIpc) is 3.33. The van der Waals surface area contributed by atoms with Crippen LogP contribution in [0.15, 0.2) is 65.2 Å². The largest absolute Gasteiger partial charge is 0.497 e. The molecule has 4 rings (SSSR count). The fourth-order valence-electron chi connectivity index (χ4n) is 3.10. The maximum Gasteiger partial charge on any atom is 0.251 e. The third-order valence-electron chi connectivity index (χ3n) is 4.73. The third kappa shape index (κ3) is 4.42. The second kappa shape index (κ2) is 9.17. The Hall–Kier alpha value is -4.07. The van der Waals surface area contributed by atoms with Gasteiger partial charge in [0, 0.05) is 23.9 Å². The molecule has 4 aromatic rings. The highest BCUT2D eigenvalue weighted by molar-refractivity contribution is 5.69. The van der Waals surface area contributed by atoms with Gasteiger partial charge in [0.15, 0.2) is 0 Å². The molecule has 0 unspecified atom stereocenters. The SMILES string of the molecule is COc1ccc(-c2nnc(-c3cccnc3NCc3cc(OC)ccc3OC)o2)cc1. The van der Waals surface area contributed by atoms with Gasteiger partial charge in [-0.1, -0.05) is 0 Å². The minimum atomic E-state index is 0.374. The van der Waals surface area contributed by atoms with E-state index in [9.17, 15) is 0 Å². The van der Waals surface area contributed by atoms with Crippen molar-refractivity contribution in [3.8, 4) is 40.2 Å². The Morgan fingerprint density at radius 2 is 1.58 bits per heavy atom. The number of hydrogen-bond acceptors (Lipinski definition) is 8. The van der Waals surface area contributed by atoms with Gasteiger partial charge in [-0.25, -0.2) is 4.98 Å². The van der Waals surface area contributed by atoms with Crippen LogP contribution in [0.4, 0.5) is 5.82 Å². The maximum atomic E-state index is 5.92. The Morgan fingerprint density at radius 1 is 0.839 bits per heavy atom. The third-order valence-corrected chi connectivity index (χ3v) is 4.73. The minimum absolute atomic E-state index is 0.374. The Morgan fingerprint density at radius 3 is 2.32 bits per heavy atom. The predicted molar refractivity (Wildman–Crippen MR) is 116 cm³/mol. The Kier molecular flexibility index (Phi) is 5.98. The summed E-state index contributed by atoms with van der Waals surface area (Å²) in [5.74, 6) is 3.68. The molecular formula is C23H22N4O4. The van der Waals surface area contributed by atoms with E-state index in [1.807, 2.05) is 54.6 Å². The first-order valence-electron chi connectivity index (χ1n) is 9.60. The molecule has 0 radical (unpaired) electrons. The number of hydrogen-bond donors (Lipinski definition) is 1. The lowest BCUT2D eigenvalue weighted by Crippen LogP contribution is -2.05. The minimum Gasteiger partial charge on any atom is -0.497 e. The molecule has 0 atom stereocenters. The van der Waals surface area contributed by atoms with Gasteiger partial charge in [-0.05, 0) is 54.6 Å². The lowest BCUT2D eigenvalue weighted by atomic mass is 10.1. The molecule has 0 spiro atoms. The monoisotopic (exact) mass is 418 g/mol. The molecule has 0 amide bonds. The Labute approximate surface area is 179 Å². The number of aromatic nitrogens is 3. The molecular weight excluding hydrogens is 396 g/mol. The van der Waals surface area contributed by atoms with Gasteiger partial charge in [-0.3, -0.25) is 0 Å². The van der Waals surface area contributed by atoms with Crippen LogP contribution in [0.5, 0.6) is 17.2 Å². The first-order valence-corrected chi connectivity index (χ1v) is 9.60. The lowest BCUT2D eigenvalue weighted by molar-refractivity contribution is 0.399. The predicted octanol–water partition coefficient (Wildman–Crippen LogP) is 4.44. The van der Waals surface area contributed by atoms with Crippen molar-refractivity contribution in [2.75, 3.05) is 26.6 Å². The molecule has 0 bridgehead atoms. The van der Waals surface area contributed by atoms with E-state index in [-0.39, 0.29) is 0 Å². The van der Waals surface area contributed by atoms with E-state index in [1.165, 1.54) is 0 Å². The van der Waals surface area contributed by atoms with Gasteiger partial charge in [0.2, 0.25) is 5.89 Å². The van der Waals surface area contributed by atoms with Gasteiger partial charge < -0.3 is 23.9 Å². The first kappa shape index (κ1) is 20.2. The van der Waals surface area contributed by atoms with E-state index in [2.05, 4.69) is 20.5 Å². The molecule has 8 heteroatoms. The van der Waals surface area contributed by atoms with Crippen LogP contribution in [-0.4, -0.2) is 36.5 Å². The van der Waals surface area contributed by atoms with Crippen LogP contribution in [0.3, 0.4) is 0 Å². The molecule has 0 aliphatic rings. The van der Waals surface area contributed by atoms with Gasteiger partial charge in [0.1, 0.15) is 23.1 Å². The van der Waals surface area contributed by atoms with E-state index in [1.54, 1.807) is 27.5 Å². The molecule has 158 valence electrons. The maximum absolute atomic E-state index is 5.92. The number of rotatable bonds is 8. The number of nitrogens with one attached hydrogen (secondary N) is 1. The van der Waals surface area contributed by atoms with E-state index >= 15 is 0 Å². The van der Waals surface area contributed by atoms with Crippen LogP contribution >= 0.6 is 0 Å². The van der Waals surface area contributed by atoms with Gasteiger partial charge in [-0.15, -0.1) is 10.2 Å². The summed E-state index contributed by atoms with van der Waals surface area (Å²) in [5.41, 5.74) is 2.44. The molecule has 2 aromatic heterocycles. The molecule has 1 N–H and O–H groups in total. The second-order valence-electron chi connectivity index (χ2n) is 6.57. The summed E-state index contributed by atoms with van der Waals surface area (Å²) < 4.78 is 21.9. The average molecular weight is 418 g/mol. The van der Waals surface area contributed by atoms with Crippen molar-refractivity contribution < 1.29 is 18.6 Å². The Balaban J connectivity index is 1.58. The highest BCUT2D eigenvalue weighted by atomic mass is 16.5. The summed E-state index contributed by atoms with van der Waals surface area (Å²) in [6.45, 7) is 0.476. The Bertz CT molecular complexity index is 1160. The molecule has 2 heterocycles. The van der Waals surface area contributed by atoms with Crippen molar-refractivity contribution in [3.63, 3.8) is 0 Å². The molecule has 31 heavy (non-hydrogen) atoms. The molecule has 0 aliphatic carbocycles. The smallest absolute Gasteiger partial charge is 0.251 e. The van der Waals surface area contributed by atoms with Gasteiger partial charge >= 0.3 is 0 Å². The summed E-state index contributed by atoms with van der Waals surface area (Å²) in [7, 11) is 4.89. The number of benzene rings is 2. The van der Waals surface area contributed by atoms with Crippen molar-refractivity contribution in [2.24, 2.45) is 0 Å². The molecule has 0 saturated carbocycles. The molecule has 2 aromatic carbocycles. The summed E-state index contributed by atoms with van der Waals surface area (Å²) >= 11 is 0. The zero-order valence-electron chi connectivity index (χ0n) is 17.5. The van der Waals surface area contributed by atoms with Crippen molar-refractivity contribution >= 4 is 5.82 Å². The van der Waals surface area contributed by atoms with Crippen molar-refractivity contribution in [1.29, 1.82) is 0 Å². The lowest BCUT2D eigenvalue weighted by Gasteiger charge is -2.13.